The zero-order valence-electron chi connectivity index (χ0n) is 13.2. The number of aromatic nitrogens is 2. The van der Waals surface area contributed by atoms with Gasteiger partial charge in [-0.1, -0.05) is 11.6 Å². The molecule has 0 aliphatic carbocycles. The summed E-state index contributed by atoms with van der Waals surface area (Å²) >= 11 is 6.14. The molecule has 3 rings (SSSR count). The topological polar surface area (TPSA) is 84.4 Å². The molecule has 0 bridgehead atoms. The SMILES string of the molecule is CNCC(O)CCN1c2ccc(Cl)cc2-c2n[nH]c(C)c2C1O. The number of benzene rings is 1. The number of aromatic amines is 1. The van der Waals surface area contributed by atoms with Gasteiger partial charge < -0.3 is 20.4 Å². The van der Waals surface area contributed by atoms with E-state index in [9.17, 15) is 10.2 Å². The first-order valence-corrected chi connectivity index (χ1v) is 8.03. The number of nitrogens with one attached hydrogen (secondary N) is 2. The van der Waals surface area contributed by atoms with Gasteiger partial charge in [-0.3, -0.25) is 5.10 Å². The van der Waals surface area contributed by atoms with Gasteiger partial charge >= 0.3 is 0 Å². The van der Waals surface area contributed by atoms with Crippen molar-refractivity contribution in [1.82, 2.24) is 15.5 Å². The van der Waals surface area contributed by atoms with Crippen LogP contribution >= 0.6 is 11.6 Å². The first-order chi connectivity index (χ1) is 11.0. The second kappa shape index (κ2) is 6.49. The van der Waals surface area contributed by atoms with Gasteiger partial charge in [0.1, 0.15) is 5.69 Å². The number of halogens is 1. The van der Waals surface area contributed by atoms with Crippen molar-refractivity contribution in [3.8, 4) is 11.3 Å². The third-order valence-electron chi connectivity index (χ3n) is 4.21. The van der Waals surface area contributed by atoms with Gasteiger partial charge in [-0.2, -0.15) is 5.10 Å². The third kappa shape index (κ3) is 2.95. The lowest BCUT2D eigenvalue weighted by molar-refractivity contribution is 0.144. The Hall–Kier alpha value is -1.60. The monoisotopic (exact) mass is 336 g/mol. The second-order valence-electron chi connectivity index (χ2n) is 5.84. The largest absolute Gasteiger partial charge is 0.392 e. The molecule has 1 aromatic carbocycles. The number of hydrogen-bond donors (Lipinski definition) is 4. The van der Waals surface area contributed by atoms with E-state index in [0.717, 1.165) is 28.2 Å². The Morgan fingerprint density at radius 1 is 1.48 bits per heavy atom. The highest BCUT2D eigenvalue weighted by atomic mass is 35.5. The summed E-state index contributed by atoms with van der Waals surface area (Å²) < 4.78 is 0. The van der Waals surface area contributed by atoms with E-state index in [1.807, 2.05) is 24.0 Å². The van der Waals surface area contributed by atoms with E-state index < -0.39 is 12.3 Å². The van der Waals surface area contributed by atoms with Crippen molar-refractivity contribution >= 4 is 17.3 Å². The minimum atomic E-state index is -0.792. The molecule has 6 nitrogen and oxygen atoms in total. The highest BCUT2D eigenvalue weighted by Crippen LogP contribution is 2.44. The number of rotatable bonds is 5. The molecule has 0 saturated heterocycles. The average Bonchev–Trinajstić information content (AvgIpc) is 2.90. The van der Waals surface area contributed by atoms with Gasteiger partial charge in [0, 0.05) is 40.6 Å². The number of nitrogens with zero attached hydrogens (tertiary/aromatic N) is 2. The minimum absolute atomic E-state index is 0.463. The van der Waals surface area contributed by atoms with Gasteiger partial charge in [0.25, 0.3) is 0 Å². The molecular weight excluding hydrogens is 316 g/mol. The predicted octanol–water partition coefficient (Wildman–Crippen LogP) is 1.82. The van der Waals surface area contributed by atoms with Gasteiger partial charge in [-0.25, -0.2) is 0 Å². The van der Waals surface area contributed by atoms with Crippen LogP contribution in [0.3, 0.4) is 0 Å². The van der Waals surface area contributed by atoms with Crippen LogP contribution in [0, 0.1) is 6.92 Å². The summed E-state index contributed by atoms with van der Waals surface area (Å²) in [6, 6.07) is 5.55. The van der Waals surface area contributed by atoms with Crippen molar-refractivity contribution in [3.63, 3.8) is 0 Å². The fraction of sp³-hybridized carbons (Fsp3) is 0.438. The summed E-state index contributed by atoms with van der Waals surface area (Å²) in [5.74, 6) is 0. The Balaban J connectivity index is 1.97. The van der Waals surface area contributed by atoms with Crippen LogP contribution in [0.2, 0.25) is 5.02 Å². The fourth-order valence-corrected chi connectivity index (χ4v) is 3.24. The van der Waals surface area contributed by atoms with Gasteiger partial charge in [0.15, 0.2) is 6.23 Å². The summed E-state index contributed by atoms with van der Waals surface area (Å²) in [4.78, 5) is 1.88. The van der Waals surface area contributed by atoms with E-state index in [1.165, 1.54) is 0 Å². The molecule has 0 amide bonds. The van der Waals surface area contributed by atoms with E-state index >= 15 is 0 Å². The standard InChI is InChI=1S/C16H21ClN4O2/c1-9-14-15(20-19-9)12-7-10(17)3-4-13(12)21(16(14)23)6-5-11(22)8-18-2/h3-4,7,11,16,18,22-23H,5-6,8H2,1-2H3,(H,19,20). The molecule has 0 fully saturated rings. The number of fused-ring (bicyclic) bond motifs is 3. The third-order valence-corrected chi connectivity index (χ3v) is 4.45. The number of aliphatic hydroxyl groups excluding tert-OH is 2. The molecule has 1 aliphatic heterocycles. The van der Waals surface area contributed by atoms with Crippen LogP contribution in [0.1, 0.15) is 23.9 Å². The Morgan fingerprint density at radius 2 is 2.26 bits per heavy atom. The molecule has 7 heteroatoms. The lowest BCUT2D eigenvalue weighted by atomic mass is 9.96. The summed E-state index contributed by atoms with van der Waals surface area (Å²) in [6.45, 7) is 2.94. The van der Waals surface area contributed by atoms with Crippen LogP contribution in [0.5, 0.6) is 0 Å². The summed E-state index contributed by atoms with van der Waals surface area (Å²) in [6.07, 6.45) is -0.708. The summed E-state index contributed by atoms with van der Waals surface area (Å²) in [5, 5.41) is 31.6. The quantitative estimate of drug-likeness (QED) is 0.669. The molecule has 2 heterocycles. The van der Waals surface area contributed by atoms with E-state index in [1.54, 1.807) is 13.1 Å². The molecule has 0 radical (unpaired) electrons. The van der Waals surface area contributed by atoms with Crippen LogP contribution in [-0.4, -0.2) is 46.7 Å². The number of aryl methyl sites for hydroxylation is 1. The van der Waals surface area contributed by atoms with Crippen molar-refractivity contribution in [3.05, 3.63) is 34.5 Å². The van der Waals surface area contributed by atoms with Gasteiger partial charge in [-0.05, 0) is 38.6 Å². The fourth-order valence-electron chi connectivity index (χ4n) is 3.06. The maximum Gasteiger partial charge on any atom is 0.157 e. The van der Waals surface area contributed by atoms with Crippen LogP contribution in [-0.2, 0) is 0 Å². The zero-order chi connectivity index (χ0) is 16.6. The highest BCUT2D eigenvalue weighted by molar-refractivity contribution is 6.31. The normalized spacial score (nSPS) is 17.8. The average molecular weight is 337 g/mol. The Kier molecular flexibility index (Phi) is 4.59. The number of likely N-dealkylation sites (N-methyl/N-ethyl adjacent to an activating group) is 1. The molecule has 2 unspecified atom stereocenters. The summed E-state index contributed by atoms with van der Waals surface area (Å²) in [5.41, 5.74) is 4.10. The summed E-state index contributed by atoms with van der Waals surface area (Å²) in [7, 11) is 1.80. The lowest BCUT2D eigenvalue weighted by Crippen LogP contribution is -2.36. The van der Waals surface area contributed by atoms with Crippen LogP contribution in [0.25, 0.3) is 11.3 Å². The van der Waals surface area contributed by atoms with E-state index in [-0.39, 0.29) is 0 Å². The molecule has 124 valence electrons. The second-order valence-corrected chi connectivity index (χ2v) is 6.28. The number of anilines is 1. The smallest absolute Gasteiger partial charge is 0.157 e. The first-order valence-electron chi connectivity index (χ1n) is 7.65. The van der Waals surface area contributed by atoms with E-state index in [2.05, 4.69) is 15.5 Å². The predicted molar refractivity (Wildman–Crippen MR) is 90.6 cm³/mol. The minimum Gasteiger partial charge on any atom is -0.392 e. The van der Waals surface area contributed by atoms with Crippen LogP contribution in [0.4, 0.5) is 5.69 Å². The zero-order valence-corrected chi connectivity index (χ0v) is 13.9. The molecule has 1 aromatic heterocycles. The Labute approximate surface area is 140 Å². The maximum atomic E-state index is 10.8. The van der Waals surface area contributed by atoms with Crippen molar-refractivity contribution < 1.29 is 10.2 Å². The molecule has 2 aromatic rings. The number of hydrogen-bond acceptors (Lipinski definition) is 5. The van der Waals surface area contributed by atoms with E-state index in [0.29, 0.717) is 24.5 Å². The molecule has 1 aliphatic rings. The number of H-pyrrole nitrogens is 1. The molecule has 0 saturated carbocycles. The lowest BCUT2D eigenvalue weighted by Gasteiger charge is -2.36. The molecule has 0 spiro atoms. The van der Waals surface area contributed by atoms with E-state index in [4.69, 9.17) is 11.6 Å². The van der Waals surface area contributed by atoms with Crippen molar-refractivity contribution in [2.24, 2.45) is 0 Å². The van der Waals surface area contributed by atoms with Crippen LogP contribution < -0.4 is 10.2 Å². The Bertz CT molecular complexity index is 703. The Morgan fingerprint density at radius 3 is 3.00 bits per heavy atom. The molecule has 4 N–H and O–H groups in total. The molecule has 2 atom stereocenters. The van der Waals surface area contributed by atoms with Crippen molar-refractivity contribution in [1.29, 1.82) is 0 Å². The van der Waals surface area contributed by atoms with Gasteiger partial charge in [0.2, 0.25) is 0 Å². The first kappa shape index (κ1) is 16.3. The van der Waals surface area contributed by atoms with Crippen molar-refractivity contribution in [2.75, 3.05) is 25.0 Å². The van der Waals surface area contributed by atoms with Crippen molar-refractivity contribution in [2.45, 2.75) is 25.7 Å². The van der Waals surface area contributed by atoms with Crippen LogP contribution in [0.15, 0.2) is 18.2 Å². The van der Waals surface area contributed by atoms with Gasteiger partial charge in [0.05, 0.1) is 6.10 Å². The maximum absolute atomic E-state index is 10.8. The van der Waals surface area contributed by atoms with Gasteiger partial charge in [-0.15, -0.1) is 0 Å². The molecule has 23 heavy (non-hydrogen) atoms. The number of aliphatic hydroxyl groups is 2. The highest BCUT2D eigenvalue weighted by Gasteiger charge is 2.33. The molecular formula is C16H21ClN4O2.